The van der Waals surface area contributed by atoms with Crippen molar-refractivity contribution in [3.63, 3.8) is 0 Å². The van der Waals surface area contributed by atoms with E-state index < -0.39 is 258 Å². The normalized spacial score (nSPS) is 22.2. The second-order valence-corrected chi connectivity index (χ2v) is 24.3. The Morgan fingerprint density at radius 2 is 1.22 bits per heavy atom. The molecule has 1 aliphatic carbocycles. The summed E-state index contributed by atoms with van der Waals surface area (Å²) in [5.41, 5.74) is -18.4. The third kappa shape index (κ3) is 9.70. The Morgan fingerprint density at radius 1 is 0.600 bits per heavy atom. The van der Waals surface area contributed by atoms with Crippen molar-refractivity contribution >= 4 is 61.7 Å². The molecule has 0 atom stereocenters. The minimum absolute atomic E-state index is 0. The third-order valence-electron chi connectivity index (χ3n) is 14.6. The SMILES string of the molecule is [2H]c1c([2H])c([2H])c(-c2cc(-c3c([2H])c([2H])c4c(c3[2H])C(C([2H])([2H])[2H])(C([2H])([2H])[2H])C([2H])([2H])C([2H])([2H])C4(C([2H])([2H])[2H])C([2H])([2H])[2H])c(-[n+]3[c-]n(-c4[c-]c(Oc5[c-]c6c(cc5)c5ccccc5n6-c5cc(C(C)(C)C)ccn5)ccc4)c4ccccc43)c([Si](c3c([2H])c([2H])c([2H])c([2H])c3[2H])(c3c([2H])c([2H])c([2H])c([2H])c3[2H])c3c([2H])c([2H])c([2H])c([2H])c3[2H])c2)c([2H])c1[2H].[Pt]. The van der Waals surface area contributed by atoms with Gasteiger partial charge in [0.1, 0.15) is 5.82 Å². The summed E-state index contributed by atoms with van der Waals surface area (Å²) in [6.07, 6.45) is -5.13. The first-order valence-electron chi connectivity index (χ1n) is 45.6. The third-order valence-corrected chi connectivity index (χ3v) is 18.8. The maximum atomic E-state index is 10.9. The van der Waals surface area contributed by atoms with Gasteiger partial charge in [-0.15, -0.1) is 29.7 Å². The van der Waals surface area contributed by atoms with Crippen LogP contribution < -0.4 is 30.1 Å². The molecule has 3 aromatic heterocycles. The van der Waals surface area contributed by atoms with Crippen molar-refractivity contribution in [3.8, 4) is 50.9 Å². The van der Waals surface area contributed by atoms with Crippen LogP contribution in [0.3, 0.4) is 0 Å². The zero-order valence-electron chi connectivity index (χ0n) is 83.9. The van der Waals surface area contributed by atoms with Crippen LogP contribution in [0.25, 0.3) is 72.3 Å². The molecule has 0 bridgehead atoms. The van der Waals surface area contributed by atoms with Crippen LogP contribution in [0.1, 0.15) is 131 Å². The summed E-state index contributed by atoms with van der Waals surface area (Å²) in [6.45, 7) is -12.6. The van der Waals surface area contributed by atoms with E-state index in [-0.39, 0.29) is 54.7 Å². The minimum atomic E-state index is -7.05. The number of nitrogens with zero attached hydrogens (tertiary/aromatic N) is 4. The van der Waals surface area contributed by atoms with E-state index in [1.54, 1.807) is 18.3 Å². The van der Waals surface area contributed by atoms with Gasteiger partial charge in [0, 0.05) is 66.2 Å². The van der Waals surface area contributed by atoms with Crippen molar-refractivity contribution in [2.75, 3.05) is 0 Å². The van der Waals surface area contributed by atoms with Gasteiger partial charge in [-0.05, 0) is 124 Å². The fraction of sp³-hybridized carbons (Fsp3) is 0.154. The first kappa shape index (κ1) is 26.7. The van der Waals surface area contributed by atoms with Crippen molar-refractivity contribution in [3.05, 3.63) is 283 Å². The van der Waals surface area contributed by atoms with Gasteiger partial charge in [-0.3, -0.25) is 4.57 Å². The standard InChI is InChI=1S/C78H66N4OSi.Pt/c1-76(2,3)57-43-46-79-74(50-57)82-69-36-21-20-35-64(69)65-41-40-60(52-72(65)82)83-59-28-24-27-58(51-59)80-53-81(71-38-23-22-37-70(71)80)75-66(55-39-42-67-68(48-55)78(6,7)45-44-77(67,4)5)47-56(54-25-12-8-13-26-54)49-73(75)84(61-29-14-9-15-30-61,62-31-16-10-17-32-62)63-33-18-11-19-34-63;/h8-43,46-50H,44-45H2,1-7H3;/q-2;/i4D3,5D3,6D3,7D3,8D,9D,10D,11D,12D,13D,14D,15D,16D,17D,18D,19D,25D,26D,29D,30D,31D,32D,33D,34D,39D,42D,44D2,45D2,48D;. The fourth-order valence-electron chi connectivity index (χ4n) is 10.7. The topological polar surface area (TPSA) is 35.9 Å². The number of rotatable bonds is 11. The second kappa shape index (κ2) is 21.7. The molecule has 5 nitrogen and oxygen atoms in total. The van der Waals surface area contributed by atoms with E-state index in [4.69, 9.17) is 23.4 Å². The molecule has 0 saturated heterocycles. The van der Waals surface area contributed by atoms with Gasteiger partial charge >= 0.3 is 0 Å². The summed E-state index contributed by atoms with van der Waals surface area (Å²) >= 11 is 0. The van der Waals surface area contributed by atoms with Crippen LogP contribution in [0, 0.1) is 18.5 Å². The summed E-state index contributed by atoms with van der Waals surface area (Å²) in [6, 6.07) is 0.303. The van der Waals surface area contributed by atoms with Crippen LogP contribution in [0.4, 0.5) is 0 Å². The Balaban J connectivity index is 0.0000132. The van der Waals surface area contributed by atoms with Crippen LogP contribution in [0.5, 0.6) is 11.5 Å². The first-order valence-corrected chi connectivity index (χ1v) is 28.1. The number of hydrogen-bond donors (Lipinski definition) is 0. The minimum Gasteiger partial charge on any atom is -0.510 e. The summed E-state index contributed by atoms with van der Waals surface area (Å²) in [4.78, 5) is 4.77. The van der Waals surface area contributed by atoms with E-state index in [0.717, 1.165) is 32.5 Å². The number of pyridine rings is 1. The van der Waals surface area contributed by atoms with Crippen LogP contribution in [0.15, 0.2) is 248 Å². The van der Waals surface area contributed by atoms with E-state index in [1.165, 1.54) is 47.0 Å². The number of para-hydroxylation sites is 3. The summed E-state index contributed by atoms with van der Waals surface area (Å²) in [5, 5.41) is -3.54. The van der Waals surface area contributed by atoms with Crippen molar-refractivity contribution in [2.24, 2.45) is 0 Å². The van der Waals surface area contributed by atoms with Gasteiger partial charge in [0.05, 0.1) is 48.2 Å². The molecule has 0 N–H and O–H groups in total. The molecule has 10 aromatic carbocycles. The van der Waals surface area contributed by atoms with E-state index in [1.807, 2.05) is 61.7 Å². The molecule has 0 saturated carbocycles. The molecule has 1 aliphatic rings. The van der Waals surface area contributed by atoms with Gasteiger partial charge in [-0.2, -0.15) is 18.2 Å². The molecular formula is C78H66N4OPtSi-2. The Labute approximate surface area is 570 Å². The average molecular weight is 1340 g/mol. The summed E-state index contributed by atoms with van der Waals surface area (Å²) < 4.78 is 385. The molecule has 85 heavy (non-hydrogen) atoms. The predicted octanol–water partition coefficient (Wildman–Crippen LogP) is 15.9. The van der Waals surface area contributed by atoms with Crippen molar-refractivity contribution in [1.29, 1.82) is 0 Å². The Morgan fingerprint density at radius 3 is 1.89 bits per heavy atom. The van der Waals surface area contributed by atoms with E-state index >= 15 is 0 Å². The van der Waals surface area contributed by atoms with Crippen molar-refractivity contribution in [1.82, 2.24) is 14.1 Å². The molecule has 13 aromatic rings. The summed E-state index contributed by atoms with van der Waals surface area (Å²) in [5.74, 6) is 0.526. The van der Waals surface area contributed by atoms with Crippen molar-refractivity contribution < 1.29 is 83.8 Å². The number of aromatic nitrogens is 4. The van der Waals surface area contributed by atoms with E-state index in [0.29, 0.717) is 17.4 Å². The van der Waals surface area contributed by atoms with Crippen LogP contribution in [0.2, 0.25) is 0 Å². The maximum absolute atomic E-state index is 10.9. The van der Waals surface area contributed by atoms with Crippen molar-refractivity contribution in [2.45, 2.75) is 77.2 Å². The number of benzene rings is 10. The molecule has 0 spiro atoms. The smallest absolute Gasteiger partial charge is 0.268 e. The van der Waals surface area contributed by atoms with Gasteiger partial charge in [0.15, 0.2) is 8.07 Å². The zero-order chi connectivity index (χ0) is 91.0. The van der Waals surface area contributed by atoms with Crippen LogP contribution in [-0.2, 0) is 37.3 Å². The second-order valence-electron chi connectivity index (χ2n) is 20.8. The van der Waals surface area contributed by atoms with Crippen LogP contribution >= 0.6 is 0 Å². The number of hydrogen-bond acceptors (Lipinski definition) is 2. The van der Waals surface area contributed by atoms with Gasteiger partial charge < -0.3 is 13.9 Å². The number of fused-ring (bicyclic) bond motifs is 5. The zero-order valence-corrected chi connectivity index (χ0v) is 48.2. The molecule has 14 rings (SSSR count). The molecule has 420 valence electrons. The molecule has 3 heterocycles. The molecule has 0 aliphatic heterocycles. The first-order chi connectivity index (χ1) is 56.8. The molecule has 0 unspecified atom stereocenters. The number of imidazole rings is 1. The molecular weight excluding hydrogens is 1230 g/mol. The summed E-state index contributed by atoms with van der Waals surface area (Å²) in [7, 11) is -7.05. The molecule has 0 amide bonds. The van der Waals surface area contributed by atoms with E-state index in [9.17, 15) is 39.8 Å². The van der Waals surface area contributed by atoms with Crippen LogP contribution in [-0.4, -0.2) is 22.2 Å². The average Bonchev–Trinajstić information content (AvgIpc) is 0.703. The molecule has 7 heteroatoms. The van der Waals surface area contributed by atoms with E-state index in [2.05, 4.69) is 18.5 Å². The van der Waals surface area contributed by atoms with Gasteiger partial charge in [0.2, 0.25) is 0 Å². The Hall–Kier alpha value is -8.67. The van der Waals surface area contributed by atoms with Gasteiger partial charge in [-0.1, -0.05) is 241 Å². The number of ether oxygens (including phenoxy) is 1. The monoisotopic (exact) mass is 1340 g/mol. The Kier molecular flexibility index (Phi) is 6.83. The maximum Gasteiger partial charge on any atom is 0.268 e. The predicted molar refractivity (Wildman–Crippen MR) is 348 cm³/mol. The molecule has 0 fully saturated rings. The Bertz CT molecular complexity index is 6420. The fourth-order valence-corrected chi connectivity index (χ4v) is 14.8. The quantitative estimate of drug-likeness (QED) is 0.0560. The molecule has 0 radical (unpaired) electrons. The van der Waals surface area contributed by atoms with Gasteiger partial charge in [0.25, 0.3) is 6.33 Å². The van der Waals surface area contributed by atoms with Gasteiger partial charge in [-0.25, -0.2) is 4.98 Å². The largest absolute Gasteiger partial charge is 0.510 e.